The molecule has 2 heterocycles. The van der Waals surface area contributed by atoms with E-state index in [1.165, 1.54) is 4.88 Å². The molecule has 94 valence electrons. The predicted molar refractivity (Wildman–Crippen MR) is 73.6 cm³/mol. The van der Waals surface area contributed by atoms with Crippen LogP contribution >= 0.6 is 23.1 Å². The van der Waals surface area contributed by atoms with Crippen molar-refractivity contribution in [3.63, 3.8) is 0 Å². The number of hydrogen-bond donors (Lipinski definition) is 1. The predicted octanol–water partition coefficient (Wildman–Crippen LogP) is 1.82. The van der Waals surface area contributed by atoms with Gasteiger partial charge in [0.1, 0.15) is 12.4 Å². The first-order chi connectivity index (χ1) is 8.70. The summed E-state index contributed by atoms with van der Waals surface area (Å²) in [5, 5.41) is 19.7. The van der Waals surface area contributed by atoms with Crippen LogP contribution in [-0.2, 0) is 12.8 Å². The van der Waals surface area contributed by atoms with Gasteiger partial charge >= 0.3 is 0 Å². The number of aromatic nitrogens is 3. The van der Waals surface area contributed by atoms with Crippen molar-refractivity contribution in [2.75, 3.05) is 6.61 Å². The maximum Gasteiger partial charge on any atom is 0.191 e. The van der Waals surface area contributed by atoms with Crippen LogP contribution in [0.1, 0.15) is 16.3 Å². The fourth-order valence-electron chi connectivity index (χ4n) is 1.31. The average Bonchev–Trinajstić information content (AvgIpc) is 2.94. The molecule has 2 rings (SSSR count). The topological polar surface area (TPSA) is 50.9 Å². The Balaban J connectivity index is 1.98. The third-order valence-corrected chi connectivity index (χ3v) is 4.55. The van der Waals surface area contributed by atoms with Crippen molar-refractivity contribution in [3.8, 4) is 11.8 Å². The van der Waals surface area contributed by atoms with E-state index in [0.29, 0.717) is 0 Å². The van der Waals surface area contributed by atoms with E-state index in [1.54, 1.807) is 23.1 Å². The third kappa shape index (κ3) is 3.13. The van der Waals surface area contributed by atoms with Crippen LogP contribution in [0, 0.1) is 18.8 Å². The molecule has 0 saturated carbocycles. The Kier molecular flexibility index (Phi) is 4.42. The Morgan fingerprint density at radius 3 is 3.00 bits per heavy atom. The van der Waals surface area contributed by atoms with Gasteiger partial charge < -0.3 is 9.67 Å². The summed E-state index contributed by atoms with van der Waals surface area (Å²) in [7, 11) is 1.96. The first-order valence-corrected chi connectivity index (χ1v) is 7.23. The quantitative estimate of drug-likeness (QED) is 0.688. The van der Waals surface area contributed by atoms with Crippen LogP contribution in [0.25, 0.3) is 0 Å². The van der Waals surface area contributed by atoms with Crippen LogP contribution in [0.2, 0.25) is 0 Å². The molecule has 0 saturated heterocycles. The fraction of sp³-hybridized carbons (Fsp3) is 0.333. The van der Waals surface area contributed by atoms with Crippen molar-refractivity contribution in [2.24, 2.45) is 7.05 Å². The lowest BCUT2D eigenvalue weighted by Gasteiger charge is -1.99. The van der Waals surface area contributed by atoms with E-state index in [9.17, 15) is 0 Å². The molecule has 0 fully saturated rings. The van der Waals surface area contributed by atoms with Gasteiger partial charge in [-0.25, -0.2) is 0 Å². The number of thiophene rings is 1. The second kappa shape index (κ2) is 6.05. The largest absolute Gasteiger partial charge is 0.384 e. The van der Waals surface area contributed by atoms with Gasteiger partial charge in [-0.3, -0.25) is 0 Å². The summed E-state index contributed by atoms with van der Waals surface area (Å²) in [5.74, 6) is 7.31. The molecule has 1 N–H and O–H groups in total. The van der Waals surface area contributed by atoms with E-state index in [2.05, 4.69) is 22.0 Å². The zero-order valence-electron chi connectivity index (χ0n) is 10.2. The number of nitrogens with zero attached hydrogens (tertiary/aromatic N) is 3. The van der Waals surface area contributed by atoms with E-state index in [0.717, 1.165) is 22.3 Å². The first-order valence-electron chi connectivity index (χ1n) is 5.36. The van der Waals surface area contributed by atoms with Crippen molar-refractivity contribution in [3.05, 3.63) is 27.7 Å². The second-order valence-corrected chi connectivity index (χ2v) is 5.58. The van der Waals surface area contributed by atoms with Crippen molar-refractivity contribution in [1.82, 2.24) is 14.8 Å². The summed E-state index contributed by atoms with van der Waals surface area (Å²) < 4.78 is 1.98. The SMILES string of the molecule is Cc1nnc(SCc2cc(C#CCO)cs2)n1C. The Morgan fingerprint density at radius 1 is 1.50 bits per heavy atom. The van der Waals surface area contributed by atoms with Gasteiger partial charge in [-0.15, -0.1) is 21.5 Å². The minimum Gasteiger partial charge on any atom is -0.384 e. The number of thioether (sulfide) groups is 1. The lowest BCUT2D eigenvalue weighted by molar-refractivity contribution is 0.350. The standard InChI is InChI=1S/C12H13N3OS2/c1-9-13-14-12(15(9)2)18-8-11-6-10(7-17-11)4-3-5-16/h6-7,16H,5,8H2,1-2H3. The van der Waals surface area contributed by atoms with Crippen LogP contribution in [0.5, 0.6) is 0 Å². The van der Waals surface area contributed by atoms with Crippen LogP contribution in [-0.4, -0.2) is 26.5 Å². The molecular formula is C12H13N3OS2. The molecule has 0 radical (unpaired) electrons. The van der Waals surface area contributed by atoms with Crippen molar-refractivity contribution in [1.29, 1.82) is 0 Å². The Labute approximate surface area is 114 Å². The lowest BCUT2D eigenvalue weighted by atomic mass is 10.3. The summed E-state index contributed by atoms with van der Waals surface area (Å²) in [5.41, 5.74) is 0.957. The van der Waals surface area contributed by atoms with E-state index < -0.39 is 0 Å². The summed E-state index contributed by atoms with van der Waals surface area (Å²) in [4.78, 5) is 1.24. The highest BCUT2D eigenvalue weighted by Gasteiger charge is 2.06. The molecule has 0 aliphatic heterocycles. The van der Waals surface area contributed by atoms with E-state index in [1.807, 2.05) is 30.0 Å². The number of aliphatic hydroxyl groups is 1. The molecule has 0 aliphatic carbocycles. The monoisotopic (exact) mass is 279 g/mol. The van der Waals surface area contributed by atoms with Gasteiger partial charge in [0.05, 0.1) is 0 Å². The molecule has 0 spiro atoms. The van der Waals surface area contributed by atoms with Gasteiger partial charge in [0.25, 0.3) is 0 Å². The zero-order chi connectivity index (χ0) is 13.0. The molecule has 0 aromatic carbocycles. The molecule has 6 heteroatoms. The van der Waals surface area contributed by atoms with E-state index in [-0.39, 0.29) is 6.61 Å². The summed E-state index contributed by atoms with van der Waals surface area (Å²) in [6.45, 7) is 1.84. The van der Waals surface area contributed by atoms with Crippen LogP contribution in [0.15, 0.2) is 16.6 Å². The highest BCUT2D eigenvalue weighted by molar-refractivity contribution is 7.98. The molecule has 0 bridgehead atoms. The zero-order valence-corrected chi connectivity index (χ0v) is 11.8. The second-order valence-electron chi connectivity index (χ2n) is 3.64. The van der Waals surface area contributed by atoms with Gasteiger partial charge in [-0.1, -0.05) is 23.6 Å². The molecule has 18 heavy (non-hydrogen) atoms. The molecule has 2 aromatic rings. The molecule has 0 atom stereocenters. The number of aliphatic hydroxyl groups excluding tert-OH is 1. The molecule has 0 aliphatic rings. The number of hydrogen-bond acceptors (Lipinski definition) is 5. The van der Waals surface area contributed by atoms with E-state index >= 15 is 0 Å². The summed E-state index contributed by atoms with van der Waals surface area (Å²) >= 11 is 3.33. The first kappa shape index (κ1) is 13.1. The molecule has 0 amide bonds. The minimum absolute atomic E-state index is 0.0991. The minimum atomic E-state index is -0.0991. The van der Waals surface area contributed by atoms with Crippen molar-refractivity contribution < 1.29 is 5.11 Å². The summed E-state index contributed by atoms with van der Waals surface area (Å²) in [6, 6.07) is 2.05. The third-order valence-electron chi connectivity index (χ3n) is 2.36. The highest BCUT2D eigenvalue weighted by atomic mass is 32.2. The maximum absolute atomic E-state index is 8.63. The van der Waals surface area contributed by atoms with E-state index in [4.69, 9.17) is 5.11 Å². The van der Waals surface area contributed by atoms with Crippen LogP contribution in [0.4, 0.5) is 0 Å². The number of rotatable bonds is 3. The normalized spacial score (nSPS) is 10.2. The Bertz CT molecular complexity index is 592. The van der Waals surface area contributed by atoms with Gasteiger partial charge in [0.2, 0.25) is 0 Å². The van der Waals surface area contributed by atoms with Gasteiger partial charge in [0, 0.05) is 28.6 Å². The smallest absolute Gasteiger partial charge is 0.191 e. The van der Waals surface area contributed by atoms with Gasteiger partial charge in [-0.05, 0) is 13.0 Å². The molecule has 0 unspecified atom stereocenters. The molecule has 2 aromatic heterocycles. The molecule has 4 nitrogen and oxygen atoms in total. The van der Waals surface area contributed by atoms with Gasteiger partial charge in [-0.2, -0.15) is 0 Å². The Morgan fingerprint density at radius 2 is 2.33 bits per heavy atom. The van der Waals surface area contributed by atoms with Gasteiger partial charge in [0.15, 0.2) is 5.16 Å². The lowest BCUT2D eigenvalue weighted by Crippen LogP contribution is -1.93. The van der Waals surface area contributed by atoms with Crippen molar-refractivity contribution in [2.45, 2.75) is 17.8 Å². The Hall–Kier alpha value is -1.29. The van der Waals surface area contributed by atoms with Crippen LogP contribution in [0.3, 0.4) is 0 Å². The molecular weight excluding hydrogens is 266 g/mol. The van der Waals surface area contributed by atoms with Crippen molar-refractivity contribution >= 4 is 23.1 Å². The highest BCUT2D eigenvalue weighted by Crippen LogP contribution is 2.24. The van der Waals surface area contributed by atoms with Crippen LogP contribution < -0.4 is 0 Å². The number of aryl methyl sites for hydroxylation is 1. The summed E-state index contributed by atoms with van der Waals surface area (Å²) in [6.07, 6.45) is 0. The fourth-order valence-corrected chi connectivity index (χ4v) is 3.14. The average molecular weight is 279 g/mol. The maximum atomic E-state index is 8.63.